The van der Waals surface area contributed by atoms with E-state index < -0.39 is 0 Å². The van der Waals surface area contributed by atoms with Crippen LogP contribution in [-0.4, -0.2) is 0 Å². The van der Waals surface area contributed by atoms with E-state index in [-0.39, 0.29) is 0 Å². The van der Waals surface area contributed by atoms with Gasteiger partial charge in [-0.3, -0.25) is 0 Å². The Labute approximate surface area is 123 Å². The van der Waals surface area contributed by atoms with Crippen molar-refractivity contribution in [2.45, 2.75) is 0 Å². The van der Waals surface area contributed by atoms with E-state index in [1.807, 2.05) is 12.1 Å². The standard InChI is InChI=1S/C15H9BrN2S/c16-13-7-10(9-17)1-3-14(13)18-12-2-4-15-11(8-12)5-6-19-15/h1-8,18H. The molecule has 0 aliphatic carbocycles. The van der Waals surface area contributed by atoms with E-state index in [0.29, 0.717) is 5.56 Å². The molecule has 1 N–H and O–H groups in total. The lowest BCUT2D eigenvalue weighted by Gasteiger charge is -2.09. The largest absolute Gasteiger partial charge is 0.355 e. The van der Waals surface area contributed by atoms with E-state index >= 15 is 0 Å². The third kappa shape index (κ3) is 2.48. The molecule has 0 saturated heterocycles. The van der Waals surface area contributed by atoms with Gasteiger partial charge in [0.2, 0.25) is 0 Å². The van der Waals surface area contributed by atoms with Gasteiger partial charge in [0.1, 0.15) is 0 Å². The summed E-state index contributed by atoms with van der Waals surface area (Å²) in [6, 6.07) is 16.0. The van der Waals surface area contributed by atoms with Crippen LogP contribution in [0.2, 0.25) is 0 Å². The number of fused-ring (bicyclic) bond motifs is 1. The van der Waals surface area contributed by atoms with Gasteiger partial charge in [-0.05, 0) is 69.2 Å². The number of nitrogens with one attached hydrogen (secondary N) is 1. The molecule has 0 unspecified atom stereocenters. The Hall–Kier alpha value is -1.83. The topological polar surface area (TPSA) is 35.8 Å². The minimum atomic E-state index is 0.644. The fraction of sp³-hybridized carbons (Fsp3) is 0. The van der Waals surface area contributed by atoms with Crippen LogP contribution in [0.1, 0.15) is 5.56 Å². The first-order valence-corrected chi connectivity index (χ1v) is 7.37. The first-order valence-electron chi connectivity index (χ1n) is 5.70. The van der Waals surface area contributed by atoms with Crippen LogP contribution in [0.25, 0.3) is 10.1 Å². The van der Waals surface area contributed by atoms with Gasteiger partial charge < -0.3 is 5.32 Å². The monoisotopic (exact) mass is 328 g/mol. The molecule has 3 rings (SSSR count). The predicted molar refractivity (Wildman–Crippen MR) is 84.0 cm³/mol. The number of benzene rings is 2. The second-order valence-corrected chi connectivity index (χ2v) is 5.91. The van der Waals surface area contributed by atoms with E-state index in [2.05, 4.69) is 57.0 Å². The van der Waals surface area contributed by atoms with Crippen molar-refractivity contribution in [1.82, 2.24) is 0 Å². The zero-order valence-corrected chi connectivity index (χ0v) is 12.3. The van der Waals surface area contributed by atoms with E-state index in [1.54, 1.807) is 17.4 Å². The summed E-state index contributed by atoms with van der Waals surface area (Å²) in [6.45, 7) is 0. The zero-order valence-electron chi connectivity index (χ0n) is 9.85. The highest BCUT2D eigenvalue weighted by Gasteiger charge is 2.03. The van der Waals surface area contributed by atoms with Gasteiger partial charge in [-0.1, -0.05) is 0 Å². The van der Waals surface area contributed by atoms with Crippen molar-refractivity contribution in [3.8, 4) is 6.07 Å². The van der Waals surface area contributed by atoms with Crippen LogP contribution in [0, 0.1) is 11.3 Å². The Morgan fingerprint density at radius 3 is 2.79 bits per heavy atom. The Kier molecular flexibility index (Phi) is 3.24. The minimum absolute atomic E-state index is 0.644. The second kappa shape index (κ2) is 5.04. The van der Waals surface area contributed by atoms with E-state index in [4.69, 9.17) is 5.26 Å². The normalized spacial score (nSPS) is 10.3. The lowest BCUT2D eigenvalue weighted by Crippen LogP contribution is -1.91. The Balaban J connectivity index is 1.94. The smallest absolute Gasteiger partial charge is 0.0992 e. The number of hydrogen-bond acceptors (Lipinski definition) is 3. The van der Waals surface area contributed by atoms with Crippen LogP contribution < -0.4 is 5.32 Å². The zero-order chi connectivity index (χ0) is 13.2. The third-order valence-electron chi connectivity index (χ3n) is 2.83. The van der Waals surface area contributed by atoms with E-state index in [1.165, 1.54) is 10.1 Å². The maximum Gasteiger partial charge on any atom is 0.0992 e. The molecule has 0 saturated carbocycles. The van der Waals surface area contributed by atoms with Crippen LogP contribution in [0.5, 0.6) is 0 Å². The SMILES string of the molecule is N#Cc1ccc(Nc2ccc3sccc3c2)c(Br)c1. The number of hydrogen-bond donors (Lipinski definition) is 1. The first kappa shape index (κ1) is 12.2. The molecule has 0 aliphatic heterocycles. The van der Waals surface area contributed by atoms with Gasteiger partial charge in [0.25, 0.3) is 0 Å². The Morgan fingerprint density at radius 2 is 2.00 bits per heavy atom. The second-order valence-electron chi connectivity index (χ2n) is 4.10. The highest BCUT2D eigenvalue weighted by molar-refractivity contribution is 9.10. The maximum absolute atomic E-state index is 8.85. The van der Waals surface area contributed by atoms with Crippen molar-refractivity contribution < 1.29 is 0 Å². The first-order chi connectivity index (χ1) is 9.26. The molecule has 0 aliphatic rings. The highest BCUT2D eigenvalue weighted by atomic mass is 79.9. The molecule has 0 fully saturated rings. The van der Waals surface area contributed by atoms with Gasteiger partial charge in [0, 0.05) is 14.9 Å². The Bertz CT molecular complexity index is 786. The molecule has 4 heteroatoms. The quantitative estimate of drug-likeness (QED) is 0.694. The highest BCUT2D eigenvalue weighted by Crippen LogP contribution is 2.29. The maximum atomic E-state index is 8.85. The average molecular weight is 329 g/mol. The summed E-state index contributed by atoms with van der Waals surface area (Å²) < 4.78 is 2.17. The summed E-state index contributed by atoms with van der Waals surface area (Å²) in [5, 5.41) is 15.5. The van der Waals surface area contributed by atoms with Crippen LogP contribution in [0.3, 0.4) is 0 Å². The molecule has 0 bridgehead atoms. The summed E-state index contributed by atoms with van der Waals surface area (Å²) in [6.07, 6.45) is 0. The number of nitriles is 1. The Morgan fingerprint density at radius 1 is 1.11 bits per heavy atom. The summed E-state index contributed by atoms with van der Waals surface area (Å²) in [7, 11) is 0. The third-order valence-corrected chi connectivity index (χ3v) is 4.38. The van der Waals surface area contributed by atoms with Crippen LogP contribution in [0.15, 0.2) is 52.3 Å². The van der Waals surface area contributed by atoms with Crippen LogP contribution in [-0.2, 0) is 0 Å². The molecule has 0 spiro atoms. The molecule has 2 nitrogen and oxygen atoms in total. The molecule has 1 aromatic heterocycles. The van der Waals surface area contributed by atoms with Crippen molar-refractivity contribution in [2.24, 2.45) is 0 Å². The van der Waals surface area contributed by atoms with Crippen LogP contribution in [0.4, 0.5) is 11.4 Å². The lowest BCUT2D eigenvalue weighted by atomic mass is 10.2. The van der Waals surface area contributed by atoms with Gasteiger partial charge >= 0.3 is 0 Å². The summed E-state index contributed by atoms with van der Waals surface area (Å²) in [5.41, 5.74) is 2.63. The van der Waals surface area contributed by atoms with Crippen molar-refractivity contribution in [1.29, 1.82) is 5.26 Å². The molecule has 1 heterocycles. The molecular formula is C15H9BrN2S. The van der Waals surface area contributed by atoms with E-state index in [9.17, 15) is 0 Å². The molecule has 92 valence electrons. The van der Waals surface area contributed by atoms with Gasteiger partial charge in [0.15, 0.2) is 0 Å². The van der Waals surface area contributed by atoms with Gasteiger partial charge in [-0.25, -0.2) is 0 Å². The number of rotatable bonds is 2. The molecule has 3 aromatic rings. The number of halogens is 1. The summed E-state index contributed by atoms with van der Waals surface area (Å²) in [5.74, 6) is 0. The fourth-order valence-corrected chi connectivity index (χ4v) is 3.13. The summed E-state index contributed by atoms with van der Waals surface area (Å²) in [4.78, 5) is 0. The summed E-state index contributed by atoms with van der Waals surface area (Å²) >= 11 is 5.21. The molecule has 0 atom stereocenters. The van der Waals surface area contributed by atoms with Crippen molar-refractivity contribution in [3.63, 3.8) is 0 Å². The predicted octanol–water partition coefficient (Wildman–Crippen LogP) is 5.28. The molecule has 0 amide bonds. The van der Waals surface area contributed by atoms with Gasteiger partial charge in [0.05, 0.1) is 17.3 Å². The lowest BCUT2D eigenvalue weighted by molar-refractivity contribution is 1.46. The van der Waals surface area contributed by atoms with E-state index in [0.717, 1.165) is 15.8 Å². The van der Waals surface area contributed by atoms with Crippen molar-refractivity contribution >= 4 is 48.7 Å². The number of thiophene rings is 1. The fourth-order valence-electron chi connectivity index (χ4n) is 1.89. The minimum Gasteiger partial charge on any atom is -0.355 e. The molecule has 2 aromatic carbocycles. The average Bonchev–Trinajstić information content (AvgIpc) is 2.88. The molecular weight excluding hydrogens is 320 g/mol. The van der Waals surface area contributed by atoms with Gasteiger partial charge in [-0.2, -0.15) is 5.26 Å². The molecule has 0 radical (unpaired) electrons. The number of anilines is 2. The van der Waals surface area contributed by atoms with Crippen molar-refractivity contribution in [3.05, 3.63) is 57.9 Å². The van der Waals surface area contributed by atoms with Gasteiger partial charge in [-0.15, -0.1) is 11.3 Å². The van der Waals surface area contributed by atoms with Crippen LogP contribution >= 0.6 is 27.3 Å². The molecule has 19 heavy (non-hydrogen) atoms. The van der Waals surface area contributed by atoms with Crippen molar-refractivity contribution in [2.75, 3.05) is 5.32 Å². The number of nitrogens with zero attached hydrogens (tertiary/aromatic N) is 1.